The van der Waals surface area contributed by atoms with Gasteiger partial charge in [0.1, 0.15) is 11.5 Å². The van der Waals surface area contributed by atoms with Gasteiger partial charge in [0.05, 0.1) is 4.88 Å². The van der Waals surface area contributed by atoms with E-state index < -0.39 is 0 Å². The van der Waals surface area contributed by atoms with Gasteiger partial charge in [-0.1, -0.05) is 18.2 Å². The summed E-state index contributed by atoms with van der Waals surface area (Å²) in [5.41, 5.74) is 0. The number of benzene rings is 1. The Kier molecular flexibility index (Phi) is 3.37. The van der Waals surface area contributed by atoms with E-state index in [1.54, 1.807) is 11.3 Å². The van der Waals surface area contributed by atoms with Crippen LogP contribution >= 0.6 is 11.3 Å². The van der Waals surface area contributed by atoms with Crippen molar-refractivity contribution in [1.82, 2.24) is 5.32 Å². The summed E-state index contributed by atoms with van der Waals surface area (Å²) in [7, 11) is 1.94. The zero-order valence-electron chi connectivity index (χ0n) is 8.57. The monoisotopic (exact) mass is 219 g/mol. The average Bonchev–Trinajstić information content (AvgIpc) is 2.68. The second-order valence-corrected chi connectivity index (χ2v) is 4.15. The Hall–Kier alpha value is -1.32. The molecule has 0 aliphatic carbocycles. The van der Waals surface area contributed by atoms with Crippen molar-refractivity contribution in [1.29, 1.82) is 0 Å². The first-order chi connectivity index (χ1) is 7.40. The van der Waals surface area contributed by atoms with Crippen LogP contribution in [0.3, 0.4) is 0 Å². The first kappa shape index (κ1) is 10.2. The molecule has 3 heteroatoms. The Labute approximate surface area is 93.5 Å². The highest BCUT2D eigenvalue weighted by Gasteiger charge is 2.04. The fraction of sp³-hybridized carbons (Fsp3) is 0.167. The molecule has 1 aromatic carbocycles. The van der Waals surface area contributed by atoms with E-state index in [4.69, 9.17) is 4.74 Å². The van der Waals surface area contributed by atoms with E-state index in [1.807, 2.05) is 48.8 Å². The molecule has 0 amide bonds. The molecule has 2 nitrogen and oxygen atoms in total. The zero-order chi connectivity index (χ0) is 10.5. The summed E-state index contributed by atoms with van der Waals surface area (Å²) in [6, 6.07) is 11.8. The van der Waals surface area contributed by atoms with Gasteiger partial charge in [-0.3, -0.25) is 0 Å². The quantitative estimate of drug-likeness (QED) is 0.852. The Morgan fingerprint density at radius 1 is 1.20 bits per heavy atom. The zero-order valence-corrected chi connectivity index (χ0v) is 9.38. The van der Waals surface area contributed by atoms with Crippen LogP contribution in [0.15, 0.2) is 41.8 Å². The van der Waals surface area contributed by atoms with Crippen molar-refractivity contribution in [2.75, 3.05) is 7.05 Å². The summed E-state index contributed by atoms with van der Waals surface area (Å²) >= 11 is 1.71. The van der Waals surface area contributed by atoms with Crippen molar-refractivity contribution in [2.24, 2.45) is 0 Å². The third-order valence-corrected chi connectivity index (χ3v) is 2.92. The SMILES string of the molecule is CNCc1sccc1Oc1ccccc1. The molecule has 15 heavy (non-hydrogen) atoms. The molecular formula is C12H13NOS. The van der Waals surface area contributed by atoms with E-state index in [-0.39, 0.29) is 0 Å². The number of ether oxygens (including phenoxy) is 1. The number of nitrogens with one attached hydrogen (secondary N) is 1. The Morgan fingerprint density at radius 2 is 2.00 bits per heavy atom. The van der Waals surface area contributed by atoms with Crippen LogP contribution in [0, 0.1) is 0 Å². The Morgan fingerprint density at radius 3 is 2.73 bits per heavy atom. The fourth-order valence-electron chi connectivity index (χ4n) is 1.32. The highest BCUT2D eigenvalue weighted by atomic mass is 32.1. The van der Waals surface area contributed by atoms with Gasteiger partial charge in [-0.2, -0.15) is 0 Å². The van der Waals surface area contributed by atoms with Crippen LogP contribution in [-0.4, -0.2) is 7.05 Å². The maximum atomic E-state index is 5.77. The van der Waals surface area contributed by atoms with Crippen LogP contribution in [0.1, 0.15) is 4.88 Å². The molecule has 0 saturated carbocycles. The van der Waals surface area contributed by atoms with E-state index in [1.165, 1.54) is 4.88 Å². The van der Waals surface area contributed by atoms with Gasteiger partial charge in [0.15, 0.2) is 0 Å². The van der Waals surface area contributed by atoms with Crippen LogP contribution < -0.4 is 10.1 Å². The number of para-hydroxylation sites is 1. The molecule has 1 aromatic heterocycles. The van der Waals surface area contributed by atoms with Crippen molar-refractivity contribution in [3.63, 3.8) is 0 Å². The summed E-state index contributed by atoms with van der Waals surface area (Å²) in [4.78, 5) is 1.22. The molecule has 0 unspecified atom stereocenters. The van der Waals surface area contributed by atoms with Crippen molar-refractivity contribution >= 4 is 11.3 Å². The van der Waals surface area contributed by atoms with Crippen molar-refractivity contribution in [2.45, 2.75) is 6.54 Å². The summed E-state index contributed by atoms with van der Waals surface area (Å²) in [5, 5.41) is 5.17. The molecule has 2 rings (SSSR count). The van der Waals surface area contributed by atoms with Crippen LogP contribution in [0.4, 0.5) is 0 Å². The van der Waals surface area contributed by atoms with Gasteiger partial charge in [0.25, 0.3) is 0 Å². The molecule has 0 fully saturated rings. The number of hydrogen-bond donors (Lipinski definition) is 1. The lowest BCUT2D eigenvalue weighted by atomic mass is 10.3. The van der Waals surface area contributed by atoms with Crippen LogP contribution in [-0.2, 0) is 6.54 Å². The molecule has 2 aromatic rings. The fourth-order valence-corrected chi connectivity index (χ4v) is 2.13. The molecule has 0 atom stereocenters. The minimum absolute atomic E-state index is 0.847. The molecule has 1 N–H and O–H groups in total. The highest BCUT2D eigenvalue weighted by Crippen LogP contribution is 2.29. The summed E-state index contributed by atoms with van der Waals surface area (Å²) in [6.45, 7) is 0.847. The first-order valence-corrected chi connectivity index (χ1v) is 5.72. The molecule has 0 aliphatic heterocycles. The van der Waals surface area contributed by atoms with E-state index >= 15 is 0 Å². The summed E-state index contributed by atoms with van der Waals surface area (Å²) in [6.07, 6.45) is 0. The smallest absolute Gasteiger partial charge is 0.142 e. The lowest BCUT2D eigenvalue weighted by Gasteiger charge is -2.05. The van der Waals surface area contributed by atoms with Gasteiger partial charge in [0, 0.05) is 6.54 Å². The largest absolute Gasteiger partial charge is 0.456 e. The molecule has 0 saturated heterocycles. The second kappa shape index (κ2) is 4.96. The number of hydrogen-bond acceptors (Lipinski definition) is 3. The predicted octanol–water partition coefficient (Wildman–Crippen LogP) is 3.26. The first-order valence-electron chi connectivity index (χ1n) is 4.84. The average molecular weight is 219 g/mol. The van der Waals surface area contributed by atoms with Gasteiger partial charge in [0.2, 0.25) is 0 Å². The van der Waals surface area contributed by atoms with Crippen LogP contribution in [0.25, 0.3) is 0 Å². The van der Waals surface area contributed by atoms with Gasteiger partial charge < -0.3 is 10.1 Å². The maximum absolute atomic E-state index is 5.77. The summed E-state index contributed by atoms with van der Waals surface area (Å²) < 4.78 is 5.77. The standard InChI is InChI=1S/C12H13NOS/c1-13-9-12-11(7-8-15-12)14-10-5-3-2-4-6-10/h2-8,13H,9H2,1H3. The lowest BCUT2D eigenvalue weighted by molar-refractivity contribution is 0.478. The minimum Gasteiger partial charge on any atom is -0.456 e. The van der Waals surface area contributed by atoms with Gasteiger partial charge in [-0.25, -0.2) is 0 Å². The molecule has 78 valence electrons. The Balaban J connectivity index is 2.14. The maximum Gasteiger partial charge on any atom is 0.142 e. The predicted molar refractivity (Wildman–Crippen MR) is 63.6 cm³/mol. The third kappa shape index (κ3) is 2.58. The van der Waals surface area contributed by atoms with Gasteiger partial charge in [-0.05, 0) is 30.6 Å². The van der Waals surface area contributed by atoms with E-state index in [2.05, 4.69) is 5.32 Å². The van der Waals surface area contributed by atoms with Gasteiger partial charge >= 0.3 is 0 Å². The summed E-state index contributed by atoms with van der Waals surface area (Å²) in [5.74, 6) is 1.83. The molecule has 0 aliphatic rings. The van der Waals surface area contributed by atoms with Gasteiger partial charge in [-0.15, -0.1) is 11.3 Å². The molecular weight excluding hydrogens is 206 g/mol. The highest BCUT2D eigenvalue weighted by molar-refractivity contribution is 7.10. The van der Waals surface area contributed by atoms with E-state index in [9.17, 15) is 0 Å². The number of thiophene rings is 1. The molecule has 1 heterocycles. The lowest BCUT2D eigenvalue weighted by Crippen LogP contribution is -2.04. The van der Waals surface area contributed by atoms with Crippen molar-refractivity contribution in [3.8, 4) is 11.5 Å². The topological polar surface area (TPSA) is 21.3 Å². The molecule has 0 spiro atoms. The van der Waals surface area contributed by atoms with Crippen molar-refractivity contribution in [3.05, 3.63) is 46.7 Å². The normalized spacial score (nSPS) is 10.2. The van der Waals surface area contributed by atoms with E-state index in [0.29, 0.717) is 0 Å². The molecule has 0 bridgehead atoms. The molecule has 0 radical (unpaired) electrons. The minimum atomic E-state index is 0.847. The van der Waals surface area contributed by atoms with Crippen molar-refractivity contribution < 1.29 is 4.74 Å². The van der Waals surface area contributed by atoms with Crippen LogP contribution in [0.5, 0.6) is 11.5 Å². The Bertz CT molecular complexity index is 411. The van der Waals surface area contributed by atoms with E-state index in [0.717, 1.165) is 18.0 Å². The van der Waals surface area contributed by atoms with Crippen LogP contribution in [0.2, 0.25) is 0 Å². The third-order valence-electron chi connectivity index (χ3n) is 2.01. The second-order valence-electron chi connectivity index (χ2n) is 3.15. The number of rotatable bonds is 4.